The number of rotatable bonds is 10. The van der Waals surface area contributed by atoms with Gasteiger partial charge in [-0.25, -0.2) is 9.59 Å². The molecule has 2 saturated heterocycles. The van der Waals surface area contributed by atoms with E-state index in [-0.39, 0.29) is 24.4 Å². The van der Waals surface area contributed by atoms with Crippen molar-refractivity contribution in [1.29, 1.82) is 0 Å². The van der Waals surface area contributed by atoms with Crippen molar-refractivity contribution in [3.8, 4) is 0 Å². The van der Waals surface area contributed by atoms with Gasteiger partial charge in [-0.15, -0.1) is 0 Å². The molecule has 11 nitrogen and oxygen atoms in total. The van der Waals surface area contributed by atoms with Gasteiger partial charge in [0.15, 0.2) is 0 Å². The van der Waals surface area contributed by atoms with Gasteiger partial charge in [0.25, 0.3) is 11.8 Å². The van der Waals surface area contributed by atoms with Crippen LogP contribution in [0.2, 0.25) is 0 Å². The maximum atomic E-state index is 14.6. The highest BCUT2D eigenvalue weighted by molar-refractivity contribution is 6.00. The second-order valence-electron chi connectivity index (χ2n) is 12.3. The summed E-state index contributed by atoms with van der Waals surface area (Å²) in [6.45, 7) is 8.45. The maximum absolute atomic E-state index is 14.6. The smallest absolute Gasteiger partial charge is 0.422 e. The van der Waals surface area contributed by atoms with E-state index in [1.807, 2.05) is 0 Å². The zero-order chi connectivity index (χ0) is 36.0. The van der Waals surface area contributed by atoms with E-state index >= 15 is 0 Å². The van der Waals surface area contributed by atoms with Crippen molar-refractivity contribution in [3.05, 3.63) is 46.8 Å². The first kappa shape index (κ1) is 38.5. The summed E-state index contributed by atoms with van der Waals surface area (Å²) in [5.74, 6) is -11.5. The molecule has 0 spiro atoms. The number of allylic oxidation sites excluding steroid dienone is 2. The molecule has 2 aliphatic heterocycles. The fraction of sp³-hybridized carbons (Fsp3) is 0.594. The Hall–Kier alpha value is -3.92. The maximum Gasteiger partial charge on any atom is 0.461 e. The van der Waals surface area contributed by atoms with E-state index in [2.05, 4.69) is 15.4 Å². The summed E-state index contributed by atoms with van der Waals surface area (Å²) in [5.41, 5.74) is -0.524. The van der Waals surface area contributed by atoms with Crippen LogP contribution in [0.25, 0.3) is 0 Å². The first-order valence-corrected chi connectivity index (χ1v) is 15.8. The Morgan fingerprint density at radius 1 is 1.02 bits per heavy atom. The minimum Gasteiger partial charge on any atom is -0.422 e. The largest absolute Gasteiger partial charge is 0.461 e. The van der Waals surface area contributed by atoms with Gasteiger partial charge in [0.2, 0.25) is 5.76 Å². The number of carbonyl (C=O) groups excluding carboxylic acids is 5. The van der Waals surface area contributed by atoms with E-state index in [1.165, 1.54) is 31.2 Å². The zero-order valence-electron chi connectivity index (χ0n) is 27.5. The zero-order valence-corrected chi connectivity index (χ0v) is 27.5. The standard InChI is InChI=1S/C32H41F5N4O7/c1-6-8-24(26(48-21(5)42)31(33,34)32(35,36)37)38-30(46)41(16-7-9-20(41)4)29(45)25(19(2)3)39-27(43)22-10-12-23(13-11-22)28(44)40-14-17-47-18-15-40/h10-13,19-20,25H,6-9,14-18H2,1-5H3,(H-,38,39,43,46)/p+1/t20-,25+,41?/m1/s1. The Morgan fingerprint density at radius 3 is 2.08 bits per heavy atom. The number of amides is 5. The first-order chi connectivity index (χ1) is 22.4. The van der Waals surface area contributed by atoms with Crippen LogP contribution in [0.3, 0.4) is 0 Å². The molecule has 2 N–H and O–H groups in total. The number of carbonyl (C=O) groups is 5. The molecule has 2 aliphatic rings. The molecule has 2 fully saturated rings. The van der Waals surface area contributed by atoms with Crippen molar-refractivity contribution in [2.45, 2.75) is 84.5 Å². The van der Waals surface area contributed by atoms with Crippen LogP contribution in [0.15, 0.2) is 35.7 Å². The van der Waals surface area contributed by atoms with Crippen LogP contribution in [0, 0.1) is 5.92 Å². The first-order valence-electron chi connectivity index (χ1n) is 15.8. The van der Waals surface area contributed by atoms with Crippen LogP contribution in [0.1, 0.15) is 81.0 Å². The number of benzene rings is 1. The van der Waals surface area contributed by atoms with Gasteiger partial charge in [-0.2, -0.15) is 26.4 Å². The quantitative estimate of drug-likeness (QED) is 0.154. The number of urea groups is 1. The number of likely N-dealkylation sites (tertiary alicyclic amines) is 1. The van der Waals surface area contributed by atoms with Crippen LogP contribution in [-0.4, -0.2) is 96.1 Å². The molecular formula is C32H42F5N4O7+. The number of halogens is 5. The summed E-state index contributed by atoms with van der Waals surface area (Å²) in [6.07, 6.45) is -6.07. The van der Waals surface area contributed by atoms with Crippen LogP contribution in [-0.2, 0) is 19.1 Å². The van der Waals surface area contributed by atoms with Crippen LogP contribution in [0.5, 0.6) is 0 Å². The average molecular weight is 690 g/mol. The summed E-state index contributed by atoms with van der Waals surface area (Å²) < 4.78 is 78.2. The molecule has 1 unspecified atom stereocenters. The molecular weight excluding hydrogens is 647 g/mol. The molecule has 3 atom stereocenters. The Morgan fingerprint density at radius 2 is 1.60 bits per heavy atom. The summed E-state index contributed by atoms with van der Waals surface area (Å²) in [4.78, 5) is 67.6. The van der Waals surface area contributed by atoms with E-state index in [1.54, 1.807) is 25.7 Å². The monoisotopic (exact) mass is 689 g/mol. The number of hydrogen-bond acceptors (Lipinski definition) is 7. The molecule has 0 saturated carbocycles. The van der Waals surface area contributed by atoms with Gasteiger partial charge in [0.05, 0.1) is 25.5 Å². The number of quaternary nitrogens is 1. The molecule has 1 aromatic rings. The van der Waals surface area contributed by atoms with Crippen LogP contribution in [0.4, 0.5) is 26.7 Å². The number of hydrogen-bond donors (Lipinski definition) is 2. The lowest BCUT2D eigenvalue weighted by molar-refractivity contribution is -0.785. The third kappa shape index (κ3) is 8.20. The number of morpholine rings is 1. The molecule has 2 heterocycles. The van der Waals surface area contributed by atoms with Crippen molar-refractivity contribution >= 4 is 29.7 Å². The Labute approximate surface area is 275 Å². The lowest BCUT2D eigenvalue weighted by atomic mass is 9.99. The van der Waals surface area contributed by atoms with Crippen molar-refractivity contribution in [1.82, 2.24) is 15.5 Å². The summed E-state index contributed by atoms with van der Waals surface area (Å²) in [5, 5.41) is 4.74. The fourth-order valence-corrected chi connectivity index (χ4v) is 5.80. The normalized spacial score (nSPS) is 21.3. The van der Waals surface area contributed by atoms with E-state index in [0.717, 1.165) is 0 Å². The van der Waals surface area contributed by atoms with Gasteiger partial charge in [-0.05, 0) is 43.5 Å². The topological polar surface area (TPSA) is 131 Å². The van der Waals surface area contributed by atoms with Crippen LogP contribution >= 0.6 is 0 Å². The van der Waals surface area contributed by atoms with E-state index in [0.29, 0.717) is 51.6 Å². The molecule has 0 radical (unpaired) electrons. The number of alkyl halides is 5. The minimum atomic E-state index is -6.16. The number of esters is 1. The van der Waals surface area contributed by atoms with Gasteiger partial charge < -0.3 is 19.7 Å². The predicted octanol–water partition coefficient (Wildman–Crippen LogP) is 4.92. The number of nitrogens with one attached hydrogen (secondary N) is 2. The number of nitrogens with zero attached hydrogens (tertiary/aromatic N) is 2. The van der Waals surface area contributed by atoms with Gasteiger partial charge >= 0.3 is 30.0 Å². The minimum absolute atomic E-state index is 0.0284. The third-order valence-electron chi connectivity index (χ3n) is 8.47. The SMILES string of the molecule is CCCC(NC(=O)[N+]1(C(=O)[C@@H](NC(=O)c2ccc(C(=O)N3CCOCC3)cc2)C(C)C)CCC[C@H]1C)=C(OC(C)=O)C(F)(F)C(F)(F)F. The Bertz CT molecular complexity index is 1410. The number of imide groups is 1. The molecule has 48 heavy (non-hydrogen) atoms. The van der Waals surface area contributed by atoms with E-state index in [9.17, 15) is 45.9 Å². The summed E-state index contributed by atoms with van der Waals surface area (Å²) >= 11 is 0. The lowest BCUT2D eigenvalue weighted by Gasteiger charge is -2.37. The van der Waals surface area contributed by atoms with Gasteiger partial charge in [-0.3, -0.25) is 19.7 Å². The van der Waals surface area contributed by atoms with Crippen molar-refractivity contribution in [2.24, 2.45) is 5.92 Å². The molecule has 266 valence electrons. The second-order valence-corrected chi connectivity index (χ2v) is 12.3. The second kappa shape index (κ2) is 15.5. The van der Waals surface area contributed by atoms with Crippen molar-refractivity contribution < 1.29 is 59.9 Å². The molecule has 5 amide bonds. The highest BCUT2D eigenvalue weighted by Gasteiger charge is 2.63. The average Bonchev–Trinajstić information content (AvgIpc) is 3.43. The third-order valence-corrected chi connectivity index (χ3v) is 8.47. The van der Waals surface area contributed by atoms with Gasteiger partial charge in [0, 0.05) is 44.0 Å². The van der Waals surface area contributed by atoms with Gasteiger partial charge in [0.1, 0.15) is 12.1 Å². The van der Waals surface area contributed by atoms with Crippen molar-refractivity contribution in [3.63, 3.8) is 0 Å². The molecule has 0 aromatic heterocycles. The van der Waals surface area contributed by atoms with Crippen LogP contribution < -0.4 is 10.6 Å². The summed E-state index contributed by atoms with van der Waals surface area (Å²) in [7, 11) is 0. The van der Waals surface area contributed by atoms with E-state index in [4.69, 9.17) is 4.74 Å². The molecule has 0 aliphatic carbocycles. The molecule has 0 bridgehead atoms. The summed E-state index contributed by atoms with van der Waals surface area (Å²) in [6, 6.07) is 2.55. The number of ether oxygens (including phenoxy) is 2. The molecule has 16 heteroatoms. The highest BCUT2D eigenvalue weighted by Crippen LogP contribution is 2.43. The van der Waals surface area contributed by atoms with Gasteiger partial charge in [-0.1, -0.05) is 27.2 Å². The van der Waals surface area contributed by atoms with Crippen molar-refractivity contribution in [2.75, 3.05) is 32.8 Å². The fourth-order valence-electron chi connectivity index (χ4n) is 5.80. The predicted molar refractivity (Wildman–Crippen MR) is 161 cm³/mol. The van der Waals surface area contributed by atoms with E-state index < -0.39 is 76.3 Å². The Balaban J connectivity index is 1.94. The molecule has 1 aromatic carbocycles. The highest BCUT2D eigenvalue weighted by atomic mass is 19.4. The lowest BCUT2D eigenvalue weighted by Crippen LogP contribution is -2.68. The molecule has 3 rings (SSSR count). The Kier molecular flexibility index (Phi) is 12.5.